The summed E-state index contributed by atoms with van der Waals surface area (Å²) in [5.41, 5.74) is 2.56. The fourth-order valence-electron chi connectivity index (χ4n) is 1.80. The molecule has 0 aliphatic carbocycles. The third-order valence-electron chi connectivity index (χ3n) is 3.05. The molecule has 0 unspecified atom stereocenters. The molecule has 106 valence electrons. The standard InChI is InChI=1S/C14H17FN4O/c1-10-11(8-17-19(10)2)7-16-9-14(20)18-13-5-3-4-12(15)6-13/h3-6,8,16H,7,9H2,1-2H3,(H,18,20). The Labute approximate surface area is 116 Å². The molecule has 1 amide bonds. The molecule has 0 spiro atoms. The van der Waals surface area contributed by atoms with Crippen molar-refractivity contribution >= 4 is 11.6 Å². The second kappa shape index (κ2) is 6.29. The molecule has 6 heteroatoms. The van der Waals surface area contributed by atoms with Gasteiger partial charge in [0.05, 0.1) is 12.7 Å². The van der Waals surface area contributed by atoms with Crippen molar-refractivity contribution in [2.45, 2.75) is 13.5 Å². The van der Waals surface area contributed by atoms with E-state index in [2.05, 4.69) is 15.7 Å². The van der Waals surface area contributed by atoms with Crippen LogP contribution in [-0.2, 0) is 18.4 Å². The van der Waals surface area contributed by atoms with Crippen LogP contribution in [0.1, 0.15) is 11.3 Å². The van der Waals surface area contributed by atoms with Crippen LogP contribution in [0, 0.1) is 12.7 Å². The molecule has 0 radical (unpaired) electrons. The summed E-state index contributed by atoms with van der Waals surface area (Å²) in [6, 6.07) is 5.81. The fraction of sp³-hybridized carbons (Fsp3) is 0.286. The number of anilines is 1. The van der Waals surface area contributed by atoms with Crippen molar-refractivity contribution in [2.24, 2.45) is 7.05 Å². The molecule has 20 heavy (non-hydrogen) atoms. The fourth-order valence-corrected chi connectivity index (χ4v) is 1.80. The number of carbonyl (C=O) groups excluding carboxylic acids is 1. The Morgan fingerprint density at radius 3 is 2.90 bits per heavy atom. The predicted molar refractivity (Wildman–Crippen MR) is 74.7 cm³/mol. The first kappa shape index (κ1) is 14.2. The largest absolute Gasteiger partial charge is 0.325 e. The number of nitrogens with one attached hydrogen (secondary N) is 2. The molecular weight excluding hydrogens is 259 g/mol. The van der Waals surface area contributed by atoms with Gasteiger partial charge < -0.3 is 10.6 Å². The van der Waals surface area contributed by atoms with E-state index in [0.717, 1.165) is 11.3 Å². The van der Waals surface area contributed by atoms with Crippen molar-refractivity contribution in [3.63, 3.8) is 0 Å². The summed E-state index contributed by atoms with van der Waals surface area (Å²) in [7, 11) is 1.87. The zero-order valence-electron chi connectivity index (χ0n) is 11.5. The summed E-state index contributed by atoms with van der Waals surface area (Å²) in [5.74, 6) is -0.584. The molecule has 0 fully saturated rings. The first-order valence-electron chi connectivity index (χ1n) is 6.30. The third-order valence-corrected chi connectivity index (χ3v) is 3.05. The number of aromatic nitrogens is 2. The number of aryl methyl sites for hydroxylation is 1. The zero-order valence-corrected chi connectivity index (χ0v) is 11.5. The highest BCUT2D eigenvalue weighted by Crippen LogP contribution is 2.08. The van der Waals surface area contributed by atoms with Crippen molar-refractivity contribution in [2.75, 3.05) is 11.9 Å². The lowest BCUT2D eigenvalue weighted by Gasteiger charge is -2.06. The Bertz CT molecular complexity index is 609. The summed E-state index contributed by atoms with van der Waals surface area (Å²) in [4.78, 5) is 11.7. The van der Waals surface area contributed by atoms with Crippen LogP contribution in [-0.4, -0.2) is 22.2 Å². The van der Waals surface area contributed by atoms with Crippen LogP contribution in [0.4, 0.5) is 10.1 Å². The number of benzene rings is 1. The van der Waals surface area contributed by atoms with Crippen LogP contribution in [0.25, 0.3) is 0 Å². The lowest BCUT2D eigenvalue weighted by molar-refractivity contribution is -0.115. The Kier molecular flexibility index (Phi) is 4.47. The van der Waals surface area contributed by atoms with Gasteiger partial charge in [-0.2, -0.15) is 5.10 Å². The lowest BCUT2D eigenvalue weighted by Crippen LogP contribution is -2.27. The van der Waals surface area contributed by atoms with Gasteiger partial charge in [-0.05, 0) is 25.1 Å². The predicted octanol–water partition coefficient (Wildman–Crippen LogP) is 1.60. The first-order chi connectivity index (χ1) is 9.56. The molecule has 0 aliphatic heterocycles. The summed E-state index contributed by atoms with van der Waals surface area (Å²) in [6.07, 6.45) is 1.77. The summed E-state index contributed by atoms with van der Waals surface area (Å²) in [6.45, 7) is 2.69. The number of rotatable bonds is 5. The van der Waals surface area contributed by atoms with Gasteiger partial charge in [0.25, 0.3) is 0 Å². The molecule has 0 aliphatic rings. The Morgan fingerprint density at radius 1 is 1.45 bits per heavy atom. The van der Waals surface area contributed by atoms with E-state index >= 15 is 0 Å². The molecule has 2 aromatic rings. The van der Waals surface area contributed by atoms with E-state index in [1.165, 1.54) is 12.1 Å². The highest BCUT2D eigenvalue weighted by atomic mass is 19.1. The van der Waals surface area contributed by atoms with Crippen molar-refractivity contribution in [1.82, 2.24) is 15.1 Å². The minimum atomic E-state index is -0.373. The lowest BCUT2D eigenvalue weighted by atomic mass is 10.2. The molecule has 2 N–H and O–H groups in total. The highest BCUT2D eigenvalue weighted by molar-refractivity contribution is 5.92. The number of nitrogens with zero attached hydrogens (tertiary/aromatic N) is 2. The first-order valence-corrected chi connectivity index (χ1v) is 6.30. The van der Waals surface area contributed by atoms with Crippen LogP contribution in [0.5, 0.6) is 0 Å². The third kappa shape index (κ3) is 3.64. The van der Waals surface area contributed by atoms with Gasteiger partial charge >= 0.3 is 0 Å². The van der Waals surface area contributed by atoms with Gasteiger partial charge in [0.2, 0.25) is 5.91 Å². The summed E-state index contributed by atoms with van der Waals surface area (Å²) in [5, 5.41) is 9.78. The smallest absolute Gasteiger partial charge is 0.238 e. The average molecular weight is 276 g/mol. The molecule has 0 bridgehead atoms. The van der Waals surface area contributed by atoms with E-state index in [1.54, 1.807) is 23.0 Å². The maximum absolute atomic E-state index is 13.0. The van der Waals surface area contributed by atoms with Crippen LogP contribution in [0.3, 0.4) is 0 Å². The quantitative estimate of drug-likeness (QED) is 0.872. The molecule has 0 saturated carbocycles. The van der Waals surface area contributed by atoms with Gasteiger partial charge in [-0.25, -0.2) is 4.39 Å². The maximum Gasteiger partial charge on any atom is 0.238 e. The second-order valence-corrected chi connectivity index (χ2v) is 4.54. The molecule has 1 aromatic carbocycles. The zero-order chi connectivity index (χ0) is 14.5. The molecule has 1 aromatic heterocycles. The Morgan fingerprint density at radius 2 is 2.25 bits per heavy atom. The number of amides is 1. The van der Waals surface area contributed by atoms with Gasteiger partial charge in [0, 0.05) is 30.5 Å². The number of hydrogen-bond donors (Lipinski definition) is 2. The molecule has 5 nitrogen and oxygen atoms in total. The normalized spacial score (nSPS) is 10.6. The SMILES string of the molecule is Cc1c(CNCC(=O)Nc2cccc(F)c2)cnn1C. The van der Waals surface area contributed by atoms with Crippen LogP contribution >= 0.6 is 0 Å². The molecular formula is C14H17FN4O. The number of carbonyl (C=O) groups is 1. The topological polar surface area (TPSA) is 59.0 Å². The van der Waals surface area contributed by atoms with E-state index in [1.807, 2.05) is 14.0 Å². The van der Waals surface area contributed by atoms with Gasteiger partial charge in [0.1, 0.15) is 5.82 Å². The maximum atomic E-state index is 13.0. The minimum absolute atomic E-state index is 0.158. The van der Waals surface area contributed by atoms with Crippen molar-refractivity contribution < 1.29 is 9.18 Å². The Balaban J connectivity index is 1.80. The monoisotopic (exact) mass is 276 g/mol. The highest BCUT2D eigenvalue weighted by Gasteiger charge is 2.05. The summed E-state index contributed by atoms with van der Waals surface area (Å²) >= 11 is 0. The van der Waals surface area contributed by atoms with Crippen molar-refractivity contribution in [3.8, 4) is 0 Å². The number of halogens is 1. The second-order valence-electron chi connectivity index (χ2n) is 4.54. The summed E-state index contributed by atoms with van der Waals surface area (Å²) < 4.78 is 14.7. The molecule has 2 rings (SSSR count). The van der Waals surface area contributed by atoms with Gasteiger partial charge in [0.15, 0.2) is 0 Å². The van der Waals surface area contributed by atoms with Gasteiger partial charge in [-0.3, -0.25) is 9.48 Å². The van der Waals surface area contributed by atoms with Crippen molar-refractivity contribution in [1.29, 1.82) is 0 Å². The van der Waals surface area contributed by atoms with Gasteiger partial charge in [-0.15, -0.1) is 0 Å². The van der Waals surface area contributed by atoms with Crippen LogP contribution in [0.2, 0.25) is 0 Å². The van der Waals surface area contributed by atoms with E-state index in [4.69, 9.17) is 0 Å². The number of hydrogen-bond acceptors (Lipinski definition) is 3. The van der Waals surface area contributed by atoms with Crippen LogP contribution in [0.15, 0.2) is 30.5 Å². The average Bonchev–Trinajstić information content (AvgIpc) is 2.71. The van der Waals surface area contributed by atoms with Gasteiger partial charge in [-0.1, -0.05) is 6.07 Å². The van der Waals surface area contributed by atoms with E-state index < -0.39 is 0 Å². The molecule has 0 atom stereocenters. The van der Waals surface area contributed by atoms with Crippen LogP contribution < -0.4 is 10.6 Å². The molecule has 0 saturated heterocycles. The minimum Gasteiger partial charge on any atom is -0.325 e. The van der Waals surface area contributed by atoms with E-state index in [-0.39, 0.29) is 18.3 Å². The van der Waals surface area contributed by atoms with E-state index in [0.29, 0.717) is 12.2 Å². The van der Waals surface area contributed by atoms with Crippen molar-refractivity contribution in [3.05, 3.63) is 47.5 Å². The Hall–Kier alpha value is -2.21. The van der Waals surface area contributed by atoms with E-state index in [9.17, 15) is 9.18 Å². The molecule has 1 heterocycles.